The summed E-state index contributed by atoms with van der Waals surface area (Å²) in [5.41, 5.74) is 5.53. The number of fused-ring (bicyclic) bond motifs is 3. The summed E-state index contributed by atoms with van der Waals surface area (Å²) in [6.07, 6.45) is 3.89. The van der Waals surface area contributed by atoms with Crippen molar-refractivity contribution in [2.24, 2.45) is 5.10 Å². The van der Waals surface area contributed by atoms with Gasteiger partial charge in [0.15, 0.2) is 0 Å². The normalized spacial score (nSPS) is 12.3. The molecule has 2 heterocycles. The molecule has 0 radical (unpaired) electrons. The van der Waals surface area contributed by atoms with Crippen molar-refractivity contribution >= 4 is 61.8 Å². The number of hydrogen-bond acceptors (Lipinski definition) is 4. The zero-order chi connectivity index (χ0) is 25.9. The van der Waals surface area contributed by atoms with Crippen molar-refractivity contribution in [2.75, 3.05) is 0 Å². The molecule has 0 aliphatic rings. The molecule has 0 aliphatic carbocycles. The maximum Gasteiger partial charge on any atom is 0.262 e. The minimum absolute atomic E-state index is 0.288. The summed E-state index contributed by atoms with van der Waals surface area (Å²) in [6.45, 7) is 0. The Kier molecular flexibility index (Phi) is 6.42. The number of amides is 2. The van der Waals surface area contributed by atoms with Crippen molar-refractivity contribution in [3.05, 3.63) is 119 Å². The molecule has 0 fully saturated rings. The number of hydrazone groups is 1. The highest BCUT2D eigenvalue weighted by Gasteiger charge is 2.23. The molecule has 1 atom stereocenters. The van der Waals surface area contributed by atoms with E-state index in [1.807, 2.05) is 78.3 Å². The van der Waals surface area contributed by atoms with Crippen LogP contribution < -0.4 is 10.7 Å². The van der Waals surface area contributed by atoms with Crippen LogP contribution in [-0.4, -0.2) is 29.1 Å². The third-order valence-corrected chi connectivity index (χ3v) is 7.52. The Morgan fingerprint density at radius 1 is 0.868 bits per heavy atom. The fourth-order valence-corrected chi connectivity index (χ4v) is 5.42. The van der Waals surface area contributed by atoms with Gasteiger partial charge in [-0.15, -0.1) is 11.3 Å². The largest absolute Gasteiger partial charge is 0.361 e. The number of aromatic amines is 1. The van der Waals surface area contributed by atoms with Crippen LogP contribution in [0.5, 0.6) is 0 Å². The van der Waals surface area contributed by atoms with Gasteiger partial charge in [-0.2, -0.15) is 5.10 Å². The molecule has 0 aliphatic heterocycles. The van der Waals surface area contributed by atoms with E-state index in [9.17, 15) is 9.59 Å². The van der Waals surface area contributed by atoms with E-state index >= 15 is 0 Å². The van der Waals surface area contributed by atoms with Gasteiger partial charge in [-0.05, 0) is 50.7 Å². The fraction of sp³-hybridized carbons (Fsp3) is 0.0645. The molecule has 3 N–H and O–H groups in total. The van der Waals surface area contributed by atoms with Crippen molar-refractivity contribution in [2.45, 2.75) is 12.5 Å². The van der Waals surface area contributed by atoms with Gasteiger partial charge in [-0.25, -0.2) is 5.43 Å². The molecule has 0 saturated heterocycles. The number of aromatic nitrogens is 1. The number of para-hydroxylation sites is 1. The Morgan fingerprint density at radius 3 is 2.26 bits per heavy atom. The Balaban J connectivity index is 1.29. The second-order valence-electron chi connectivity index (χ2n) is 9.03. The summed E-state index contributed by atoms with van der Waals surface area (Å²) in [5, 5.41) is 14.4. The smallest absolute Gasteiger partial charge is 0.262 e. The maximum absolute atomic E-state index is 13.4. The highest BCUT2D eigenvalue weighted by Crippen LogP contribution is 2.27. The van der Waals surface area contributed by atoms with Gasteiger partial charge in [0.2, 0.25) is 0 Å². The lowest BCUT2D eigenvalue weighted by molar-refractivity contribution is -0.122. The van der Waals surface area contributed by atoms with Gasteiger partial charge >= 0.3 is 0 Å². The number of nitrogens with one attached hydrogen (secondary N) is 3. The second kappa shape index (κ2) is 10.3. The van der Waals surface area contributed by atoms with Crippen LogP contribution >= 0.6 is 11.3 Å². The van der Waals surface area contributed by atoms with Crippen molar-refractivity contribution < 1.29 is 9.59 Å². The van der Waals surface area contributed by atoms with Crippen LogP contribution in [-0.2, 0) is 11.2 Å². The molecule has 0 saturated carbocycles. The quantitative estimate of drug-likeness (QED) is 0.138. The molecule has 1 unspecified atom stereocenters. The third-order valence-electron chi connectivity index (χ3n) is 6.65. The van der Waals surface area contributed by atoms with E-state index < -0.39 is 6.04 Å². The first-order valence-corrected chi connectivity index (χ1v) is 13.2. The molecule has 0 bridgehead atoms. The minimum Gasteiger partial charge on any atom is -0.361 e. The summed E-state index contributed by atoms with van der Waals surface area (Å²) in [4.78, 5) is 30.0. The molecular weight excluding hydrogens is 492 g/mol. The van der Waals surface area contributed by atoms with Crippen LogP contribution in [0.15, 0.2) is 108 Å². The van der Waals surface area contributed by atoms with Crippen molar-refractivity contribution in [3.63, 3.8) is 0 Å². The Morgan fingerprint density at radius 2 is 1.55 bits per heavy atom. The highest BCUT2D eigenvalue weighted by atomic mass is 32.1. The second-order valence-corrected chi connectivity index (χ2v) is 9.98. The average Bonchev–Trinajstić information content (AvgIpc) is 3.63. The Hall–Kier alpha value is -4.75. The summed E-state index contributed by atoms with van der Waals surface area (Å²) in [6, 6.07) is 29.0. The lowest BCUT2D eigenvalue weighted by Gasteiger charge is -2.16. The molecule has 2 aromatic heterocycles. The minimum atomic E-state index is -0.815. The lowest BCUT2D eigenvalue weighted by atomic mass is 9.97. The van der Waals surface area contributed by atoms with Gasteiger partial charge in [-0.3, -0.25) is 9.59 Å². The molecule has 0 spiro atoms. The Labute approximate surface area is 223 Å². The number of nitrogens with zero attached hydrogens (tertiary/aromatic N) is 1. The van der Waals surface area contributed by atoms with Crippen molar-refractivity contribution in [1.29, 1.82) is 0 Å². The summed E-state index contributed by atoms with van der Waals surface area (Å²) < 4.78 is 0. The van der Waals surface area contributed by atoms with Gasteiger partial charge in [0.1, 0.15) is 6.04 Å². The van der Waals surface area contributed by atoms with E-state index in [1.54, 1.807) is 12.3 Å². The number of benzene rings is 4. The monoisotopic (exact) mass is 516 g/mol. The topological polar surface area (TPSA) is 86.3 Å². The summed E-state index contributed by atoms with van der Waals surface area (Å²) in [5.74, 6) is -0.676. The van der Waals surface area contributed by atoms with Crippen LogP contribution in [0, 0.1) is 0 Å². The van der Waals surface area contributed by atoms with E-state index in [1.165, 1.54) is 11.3 Å². The van der Waals surface area contributed by atoms with Crippen LogP contribution in [0.4, 0.5) is 0 Å². The van der Waals surface area contributed by atoms with E-state index in [-0.39, 0.29) is 11.8 Å². The van der Waals surface area contributed by atoms with Gasteiger partial charge in [0.25, 0.3) is 11.8 Å². The first-order chi connectivity index (χ1) is 18.7. The fourth-order valence-electron chi connectivity index (χ4n) is 4.79. The third kappa shape index (κ3) is 4.67. The van der Waals surface area contributed by atoms with Gasteiger partial charge in [0, 0.05) is 29.1 Å². The highest BCUT2D eigenvalue weighted by molar-refractivity contribution is 7.12. The summed E-state index contributed by atoms with van der Waals surface area (Å²) >= 11 is 1.33. The van der Waals surface area contributed by atoms with E-state index in [0.29, 0.717) is 11.3 Å². The van der Waals surface area contributed by atoms with E-state index in [4.69, 9.17) is 0 Å². The number of hydrogen-bond donors (Lipinski definition) is 3. The molecular formula is C31H24N4O2S. The number of H-pyrrole nitrogens is 1. The zero-order valence-corrected chi connectivity index (χ0v) is 21.2. The predicted molar refractivity (Wildman–Crippen MR) is 155 cm³/mol. The van der Waals surface area contributed by atoms with Gasteiger partial charge in [-0.1, -0.05) is 72.8 Å². The molecule has 6 aromatic rings. The van der Waals surface area contributed by atoms with E-state index in [0.717, 1.165) is 43.6 Å². The van der Waals surface area contributed by atoms with Crippen molar-refractivity contribution in [3.8, 4) is 0 Å². The van der Waals surface area contributed by atoms with Crippen molar-refractivity contribution in [1.82, 2.24) is 15.7 Å². The van der Waals surface area contributed by atoms with E-state index in [2.05, 4.69) is 39.0 Å². The molecule has 6 nitrogen and oxygen atoms in total. The van der Waals surface area contributed by atoms with Crippen LogP contribution in [0.25, 0.3) is 32.4 Å². The molecule has 7 heteroatoms. The first-order valence-electron chi connectivity index (χ1n) is 12.3. The van der Waals surface area contributed by atoms with Crippen LogP contribution in [0.3, 0.4) is 0 Å². The first kappa shape index (κ1) is 23.6. The zero-order valence-electron chi connectivity index (χ0n) is 20.3. The van der Waals surface area contributed by atoms with Crippen LogP contribution in [0.2, 0.25) is 0 Å². The average molecular weight is 517 g/mol. The number of thiophene rings is 1. The molecule has 4 aromatic carbocycles. The summed E-state index contributed by atoms with van der Waals surface area (Å²) in [7, 11) is 0. The molecule has 2 amide bonds. The van der Waals surface area contributed by atoms with Gasteiger partial charge < -0.3 is 10.3 Å². The van der Waals surface area contributed by atoms with Gasteiger partial charge in [0.05, 0.1) is 11.1 Å². The lowest BCUT2D eigenvalue weighted by Crippen LogP contribution is -2.46. The number of carbonyl (C=O) groups is 2. The van der Waals surface area contributed by atoms with Crippen LogP contribution in [0.1, 0.15) is 20.8 Å². The maximum atomic E-state index is 13.4. The molecule has 38 heavy (non-hydrogen) atoms. The standard InChI is InChI=1S/C31H24N4O2S/c36-30(35-33-19-26-23-10-3-1-8-20(23)16-21-9-2-4-11-24(21)26)28(34-31(37)29-14-7-15-38-29)17-22-18-32-27-13-6-5-12-25(22)27/h1-16,18-19,28,32H,17H2,(H,34,37)(H,35,36). The molecule has 186 valence electrons. The number of rotatable bonds is 7. The SMILES string of the molecule is O=C(NC(Cc1c[nH]c2ccccc12)C(=O)NN=Cc1c2ccccc2cc2ccccc12)c1cccs1. The number of carbonyl (C=O) groups excluding carboxylic acids is 2. The predicted octanol–water partition coefficient (Wildman–Crippen LogP) is 6.03. The molecule has 6 rings (SSSR count). The Bertz CT molecular complexity index is 1750.